The number of carboxylic acid groups (broad SMARTS) is 1. The minimum atomic E-state index is -1.27. The van der Waals surface area contributed by atoms with Gasteiger partial charge in [0.15, 0.2) is 17.3 Å². The van der Waals surface area contributed by atoms with E-state index in [1.165, 1.54) is 31.8 Å². The van der Waals surface area contributed by atoms with Gasteiger partial charge in [0.25, 0.3) is 5.56 Å². The summed E-state index contributed by atoms with van der Waals surface area (Å²) in [5.41, 5.74) is -0.895. The predicted octanol–water partition coefficient (Wildman–Crippen LogP) is 2.27. The lowest BCUT2D eigenvalue weighted by Gasteiger charge is -2.09. The number of hydrogen-bond donors (Lipinski definition) is 2. The molecular formula is C18H15N7O4. The van der Waals surface area contributed by atoms with Crippen LogP contribution in [0.5, 0.6) is 5.88 Å². The number of carbonyl (C=O) groups is 1. The molecule has 0 saturated heterocycles. The molecule has 11 nitrogen and oxygen atoms in total. The molecule has 0 aromatic carbocycles. The van der Waals surface area contributed by atoms with Crippen molar-refractivity contribution in [2.24, 2.45) is 17.3 Å². The van der Waals surface area contributed by atoms with Crippen molar-refractivity contribution in [3.8, 4) is 17.8 Å². The van der Waals surface area contributed by atoms with Crippen LogP contribution in [0.3, 0.4) is 0 Å². The second-order valence-corrected chi connectivity index (χ2v) is 6.04. The first-order valence-corrected chi connectivity index (χ1v) is 8.26. The Labute approximate surface area is 163 Å². The van der Waals surface area contributed by atoms with Crippen molar-refractivity contribution in [1.82, 2.24) is 19.3 Å². The number of rotatable bonds is 4. The summed E-state index contributed by atoms with van der Waals surface area (Å²) in [6, 6.07) is 6.77. The van der Waals surface area contributed by atoms with Gasteiger partial charge in [0.2, 0.25) is 5.88 Å². The van der Waals surface area contributed by atoms with Crippen LogP contribution in [0.4, 0.5) is 11.5 Å². The number of azo groups is 1. The van der Waals surface area contributed by atoms with Crippen LogP contribution in [0.15, 0.2) is 39.4 Å². The van der Waals surface area contributed by atoms with Crippen molar-refractivity contribution in [2.75, 3.05) is 0 Å². The fourth-order valence-electron chi connectivity index (χ4n) is 2.71. The summed E-state index contributed by atoms with van der Waals surface area (Å²) in [5, 5.41) is 41.2. The molecular weight excluding hydrogens is 378 g/mol. The molecule has 0 spiro atoms. The highest BCUT2D eigenvalue weighted by Crippen LogP contribution is 2.33. The van der Waals surface area contributed by atoms with Crippen LogP contribution >= 0.6 is 0 Å². The molecule has 3 aromatic rings. The van der Waals surface area contributed by atoms with Gasteiger partial charge in [-0.05, 0) is 26.0 Å². The minimum absolute atomic E-state index is 0.120. The van der Waals surface area contributed by atoms with Gasteiger partial charge in [-0.15, -0.1) is 10.2 Å². The van der Waals surface area contributed by atoms with E-state index < -0.39 is 17.4 Å². The van der Waals surface area contributed by atoms with Crippen molar-refractivity contribution < 1.29 is 15.0 Å². The molecule has 3 rings (SSSR count). The highest BCUT2D eigenvalue weighted by molar-refractivity contribution is 5.94. The number of pyridine rings is 2. The molecule has 0 aliphatic heterocycles. The lowest BCUT2D eigenvalue weighted by molar-refractivity contribution is 0.0697. The first kappa shape index (κ1) is 19.4. The summed E-state index contributed by atoms with van der Waals surface area (Å²) in [6.45, 7) is 2.94. The average Bonchev–Trinajstić information content (AvgIpc) is 3.04. The zero-order chi connectivity index (χ0) is 21.3. The molecule has 0 bridgehead atoms. The van der Waals surface area contributed by atoms with E-state index in [0.717, 1.165) is 4.57 Å². The number of nitrogens with zero attached hydrogens (tertiary/aromatic N) is 7. The quantitative estimate of drug-likeness (QED) is 0.643. The molecule has 146 valence electrons. The van der Waals surface area contributed by atoms with Crippen LogP contribution in [0, 0.1) is 25.2 Å². The Morgan fingerprint density at radius 3 is 2.59 bits per heavy atom. The molecule has 11 heteroatoms. The zero-order valence-corrected chi connectivity index (χ0v) is 15.7. The minimum Gasteiger partial charge on any atom is -0.493 e. The lowest BCUT2D eigenvalue weighted by atomic mass is 10.1. The number of carboxylic acids is 1. The summed E-state index contributed by atoms with van der Waals surface area (Å²) in [7, 11) is 1.28. The number of aromatic carboxylic acids is 1. The third-order valence-corrected chi connectivity index (χ3v) is 4.25. The Balaban J connectivity index is 2.26. The van der Waals surface area contributed by atoms with Crippen LogP contribution < -0.4 is 5.56 Å². The maximum absolute atomic E-state index is 12.1. The van der Waals surface area contributed by atoms with E-state index in [1.807, 2.05) is 0 Å². The summed E-state index contributed by atoms with van der Waals surface area (Å²) >= 11 is 0. The highest BCUT2D eigenvalue weighted by atomic mass is 16.4. The predicted molar refractivity (Wildman–Crippen MR) is 100 cm³/mol. The second-order valence-electron chi connectivity index (χ2n) is 6.04. The average molecular weight is 393 g/mol. The second kappa shape index (κ2) is 7.35. The van der Waals surface area contributed by atoms with Gasteiger partial charge in [-0.1, -0.05) is 6.07 Å². The van der Waals surface area contributed by atoms with Gasteiger partial charge in [0.05, 0.1) is 5.69 Å². The number of aromatic nitrogens is 4. The molecule has 0 aliphatic rings. The number of hydrogen-bond acceptors (Lipinski definition) is 8. The lowest BCUT2D eigenvalue weighted by Crippen LogP contribution is -2.20. The van der Waals surface area contributed by atoms with Crippen LogP contribution in [0.25, 0.3) is 5.82 Å². The van der Waals surface area contributed by atoms with E-state index in [2.05, 4.69) is 20.3 Å². The number of aryl methyl sites for hydroxylation is 1. The van der Waals surface area contributed by atoms with E-state index in [9.17, 15) is 25.1 Å². The molecule has 0 atom stereocenters. The Morgan fingerprint density at radius 1 is 1.28 bits per heavy atom. The van der Waals surface area contributed by atoms with Crippen LogP contribution in [0.1, 0.15) is 27.2 Å². The van der Waals surface area contributed by atoms with Crippen LogP contribution in [0.2, 0.25) is 0 Å². The SMILES string of the molecule is Cc1nn(-c2ccccn2)c(/N=N/c2c(C)c(C#N)c(=O)n(C)c2O)c1C(=O)O. The molecule has 0 radical (unpaired) electrons. The van der Waals surface area contributed by atoms with Crippen molar-refractivity contribution >= 4 is 17.5 Å². The molecule has 3 aromatic heterocycles. The third-order valence-electron chi connectivity index (χ3n) is 4.25. The monoisotopic (exact) mass is 393 g/mol. The van der Waals surface area contributed by atoms with E-state index in [4.69, 9.17) is 0 Å². The maximum atomic E-state index is 12.1. The largest absolute Gasteiger partial charge is 0.493 e. The van der Waals surface area contributed by atoms with Gasteiger partial charge in [-0.2, -0.15) is 15.0 Å². The van der Waals surface area contributed by atoms with Crippen LogP contribution in [-0.4, -0.2) is 35.5 Å². The first-order valence-electron chi connectivity index (χ1n) is 8.26. The van der Waals surface area contributed by atoms with Crippen molar-refractivity contribution in [3.63, 3.8) is 0 Å². The fraction of sp³-hybridized carbons (Fsp3) is 0.167. The summed E-state index contributed by atoms with van der Waals surface area (Å²) in [4.78, 5) is 27.9. The summed E-state index contributed by atoms with van der Waals surface area (Å²) < 4.78 is 2.07. The Morgan fingerprint density at radius 2 is 2.00 bits per heavy atom. The van der Waals surface area contributed by atoms with Gasteiger partial charge in [0.1, 0.15) is 17.2 Å². The topological polar surface area (TPSA) is 159 Å². The van der Waals surface area contributed by atoms with E-state index in [-0.39, 0.29) is 33.9 Å². The third kappa shape index (κ3) is 3.23. The molecule has 0 saturated carbocycles. The Bertz CT molecular complexity index is 1250. The van der Waals surface area contributed by atoms with Gasteiger partial charge in [-0.3, -0.25) is 9.36 Å². The fourth-order valence-corrected chi connectivity index (χ4v) is 2.71. The normalized spacial score (nSPS) is 11.0. The molecule has 29 heavy (non-hydrogen) atoms. The van der Waals surface area contributed by atoms with E-state index in [0.29, 0.717) is 5.82 Å². The molecule has 0 aliphatic carbocycles. The highest BCUT2D eigenvalue weighted by Gasteiger charge is 2.23. The van der Waals surface area contributed by atoms with Gasteiger partial charge < -0.3 is 10.2 Å². The summed E-state index contributed by atoms with van der Waals surface area (Å²) in [5.74, 6) is -1.58. The smallest absolute Gasteiger partial charge is 0.341 e. The van der Waals surface area contributed by atoms with E-state index >= 15 is 0 Å². The molecule has 0 amide bonds. The Hall–Kier alpha value is -4.33. The molecule has 2 N–H and O–H groups in total. The summed E-state index contributed by atoms with van der Waals surface area (Å²) in [6.07, 6.45) is 1.51. The van der Waals surface area contributed by atoms with Crippen molar-refractivity contribution in [2.45, 2.75) is 13.8 Å². The van der Waals surface area contributed by atoms with Crippen molar-refractivity contribution in [3.05, 3.63) is 57.1 Å². The Kier molecular flexibility index (Phi) is 4.93. The zero-order valence-electron chi connectivity index (χ0n) is 15.7. The standard InChI is InChI=1S/C18H15N7O4/c1-9-11(8-19)16(26)24(3)17(27)14(9)21-22-15-13(18(28)29)10(2)23-25(15)12-6-4-5-7-20-12/h4-7,27H,1-3H3,(H,28,29)/b22-21+. The van der Waals surface area contributed by atoms with Gasteiger partial charge >= 0.3 is 5.97 Å². The van der Waals surface area contributed by atoms with Crippen LogP contribution in [-0.2, 0) is 7.05 Å². The molecule has 3 heterocycles. The number of nitriles is 1. The molecule has 0 unspecified atom stereocenters. The van der Waals surface area contributed by atoms with Gasteiger partial charge in [0, 0.05) is 18.8 Å². The first-order chi connectivity index (χ1) is 13.8. The number of aromatic hydroxyl groups is 1. The van der Waals surface area contributed by atoms with Crippen molar-refractivity contribution in [1.29, 1.82) is 5.26 Å². The molecule has 0 fully saturated rings. The maximum Gasteiger partial charge on any atom is 0.341 e. The van der Waals surface area contributed by atoms with Gasteiger partial charge in [-0.25, -0.2) is 9.78 Å². The van der Waals surface area contributed by atoms with E-state index in [1.54, 1.807) is 24.3 Å².